The van der Waals surface area contributed by atoms with Crippen LogP contribution in [0.25, 0.3) is 11.1 Å². The van der Waals surface area contributed by atoms with Gasteiger partial charge in [-0.25, -0.2) is 4.39 Å². The van der Waals surface area contributed by atoms with Crippen molar-refractivity contribution >= 4 is 0 Å². The van der Waals surface area contributed by atoms with Gasteiger partial charge >= 0.3 is 0 Å². The molecule has 0 aliphatic heterocycles. The quantitative estimate of drug-likeness (QED) is 0.894. The minimum atomic E-state index is -0.196. The fourth-order valence-corrected chi connectivity index (χ4v) is 2.55. The third-order valence-electron chi connectivity index (χ3n) is 3.87. The summed E-state index contributed by atoms with van der Waals surface area (Å²) in [5.41, 5.74) is 4.19. The summed E-state index contributed by atoms with van der Waals surface area (Å²) in [7, 11) is 1.67. The van der Waals surface area contributed by atoms with Crippen molar-refractivity contribution in [3.8, 4) is 16.9 Å². The monoisotopic (exact) mass is 285 g/mol. The zero-order valence-corrected chi connectivity index (χ0v) is 12.4. The van der Waals surface area contributed by atoms with Gasteiger partial charge < -0.3 is 10.1 Å². The third-order valence-corrected chi connectivity index (χ3v) is 3.87. The zero-order valence-electron chi connectivity index (χ0n) is 12.4. The van der Waals surface area contributed by atoms with Crippen molar-refractivity contribution in [1.29, 1.82) is 0 Å². The van der Waals surface area contributed by atoms with Gasteiger partial charge in [0, 0.05) is 18.2 Å². The Kier molecular flexibility index (Phi) is 3.93. The highest BCUT2D eigenvalue weighted by atomic mass is 19.1. The number of hydrogen-bond acceptors (Lipinski definition) is 2. The van der Waals surface area contributed by atoms with E-state index in [1.807, 2.05) is 18.2 Å². The largest absolute Gasteiger partial charge is 0.496 e. The normalized spacial score (nSPS) is 14.2. The van der Waals surface area contributed by atoms with Crippen molar-refractivity contribution in [2.75, 3.05) is 7.11 Å². The Morgan fingerprint density at radius 3 is 2.67 bits per heavy atom. The van der Waals surface area contributed by atoms with Gasteiger partial charge in [0.05, 0.1) is 7.11 Å². The Balaban J connectivity index is 2.01. The van der Waals surface area contributed by atoms with E-state index < -0.39 is 0 Å². The van der Waals surface area contributed by atoms with Crippen LogP contribution in [-0.4, -0.2) is 13.2 Å². The average Bonchev–Trinajstić information content (AvgIpc) is 3.29. The Hall–Kier alpha value is -1.87. The molecule has 110 valence electrons. The summed E-state index contributed by atoms with van der Waals surface area (Å²) in [6.07, 6.45) is 2.44. The molecule has 1 aliphatic rings. The number of rotatable bonds is 5. The molecular weight excluding hydrogens is 265 g/mol. The number of nitrogens with one attached hydrogen (secondary N) is 1. The summed E-state index contributed by atoms with van der Waals surface area (Å²) in [4.78, 5) is 0. The van der Waals surface area contributed by atoms with Crippen LogP contribution >= 0.6 is 0 Å². The second kappa shape index (κ2) is 5.86. The summed E-state index contributed by atoms with van der Waals surface area (Å²) >= 11 is 0. The summed E-state index contributed by atoms with van der Waals surface area (Å²) in [5.74, 6) is 0.623. The first kappa shape index (κ1) is 14.1. The zero-order chi connectivity index (χ0) is 14.8. The van der Waals surface area contributed by atoms with Crippen molar-refractivity contribution in [3.63, 3.8) is 0 Å². The first-order valence-electron chi connectivity index (χ1n) is 7.34. The molecule has 0 amide bonds. The second-order valence-electron chi connectivity index (χ2n) is 5.66. The molecule has 0 saturated heterocycles. The van der Waals surface area contributed by atoms with E-state index in [-0.39, 0.29) is 5.82 Å². The molecule has 0 heterocycles. The lowest BCUT2D eigenvalue weighted by Crippen LogP contribution is -2.16. The standard InChI is InChI=1S/C18H20FNO/c1-12-3-8-18(21-2)17(9-12)16-7-4-14(19)10-13(16)11-20-15-5-6-15/h3-4,7-10,15,20H,5-6,11H2,1-2H3. The van der Waals surface area contributed by atoms with Crippen LogP contribution in [0.1, 0.15) is 24.0 Å². The molecule has 1 aliphatic carbocycles. The van der Waals surface area contributed by atoms with Crippen LogP contribution in [0.15, 0.2) is 36.4 Å². The third kappa shape index (κ3) is 3.24. The van der Waals surface area contributed by atoms with E-state index in [0.717, 1.165) is 28.0 Å². The number of benzene rings is 2. The average molecular weight is 285 g/mol. The van der Waals surface area contributed by atoms with Crippen molar-refractivity contribution in [2.24, 2.45) is 0 Å². The molecule has 0 bridgehead atoms. The molecular formula is C18H20FNO. The van der Waals surface area contributed by atoms with Crippen molar-refractivity contribution in [2.45, 2.75) is 32.4 Å². The molecule has 1 saturated carbocycles. The van der Waals surface area contributed by atoms with Crippen molar-refractivity contribution < 1.29 is 9.13 Å². The van der Waals surface area contributed by atoms with Gasteiger partial charge in [-0.05, 0) is 55.2 Å². The first-order valence-corrected chi connectivity index (χ1v) is 7.34. The molecule has 1 fully saturated rings. The Morgan fingerprint density at radius 1 is 1.14 bits per heavy atom. The van der Waals surface area contributed by atoms with Gasteiger partial charge in [-0.3, -0.25) is 0 Å². The SMILES string of the molecule is COc1ccc(C)cc1-c1ccc(F)cc1CNC1CC1. The molecule has 0 unspecified atom stereocenters. The van der Waals surface area contributed by atoms with Crippen LogP contribution in [0.5, 0.6) is 5.75 Å². The number of hydrogen-bond donors (Lipinski definition) is 1. The molecule has 0 atom stereocenters. The number of methoxy groups -OCH3 is 1. The topological polar surface area (TPSA) is 21.3 Å². The molecule has 2 nitrogen and oxygen atoms in total. The molecule has 21 heavy (non-hydrogen) atoms. The van der Waals surface area contributed by atoms with E-state index in [4.69, 9.17) is 4.74 Å². The maximum atomic E-state index is 13.6. The van der Waals surface area contributed by atoms with Gasteiger partial charge in [-0.2, -0.15) is 0 Å². The molecule has 0 aromatic heterocycles. The van der Waals surface area contributed by atoms with Crippen LogP contribution in [0, 0.1) is 12.7 Å². The van der Waals surface area contributed by atoms with E-state index in [1.54, 1.807) is 13.2 Å². The summed E-state index contributed by atoms with van der Waals surface area (Å²) in [6.45, 7) is 2.74. The number of aryl methyl sites for hydroxylation is 1. The molecule has 2 aromatic rings. The van der Waals surface area contributed by atoms with E-state index in [0.29, 0.717) is 12.6 Å². The van der Waals surface area contributed by atoms with Gasteiger partial charge in [-0.15, -0.1) is 0 Å². The summed E-state index contributed by atoms with van der Waals surface area (Å²) < 4.78 is 19.1. The van der Waals surface area contributed by atoms with Crippen LogP contribution in [0.4, 0.5) is 4.39 Å². The highest BCUT2D eigenvalue weighted by Crippen LogP contribution is 2.34. The number of halogens is 1. The Labute approximate surface area is 125 Å². The van der Waals surface area contributed by atoms with Crippen LogP contribution in [-0.2, 0) is 6.54 Å². The molecule has 0 radical (unpaired) electrons. The lowest BCUT2D eigenvalue weighted by molar-refractivity contribution is 0.416. The lowest BCUT2D eigenvalue weighted by atomic mass is 9.97. The van der Waals surface area contributed by atoms with E-state index in [2.05, 4.69) is 18.3 Å². The van der Waals surface area contributed by atoms with Gasteiger partial charge in [0.1, 0.15) is 11.6 Å². The molecule has 3 heteroatoms. The smallest absolute Gasteiger partial charge is 0.126 e. The highest BCUT2D eigenvalue weighted by molar-refractivity contribution is 5.74. The van der Waals surface area contributed by atoms with Gasteiger partial charge in [-0.1, -0.05) is 17.7 Å². The van der Waals surface area contributed by atoms with E-state index >= 15 is 0 Å². The predicted octanol–water partition coefficient (Wildman–Crippen LogP) is 4.06. The minimum absolute atomic E-state index is 0.196. The molecule has 2 aromatic carbocycles. The van der Waals surface area contributed by atoms with Crippen molar-refractivity contribution in [3.05, 3.63) is 53.3 Å². The maximum absolute atomic E-state index is 13.6. The summed E-state index contributed by atoms with van der Waals surface area (Å²) in [6, 6.07) is 11.6. The minimum Gasteiger partial charge on any atom is -0.496 e. The molecule has 1 N–H and O–H groups in total. The van der Waals surface area contributed by atoms with E-state index in [9.17, 15) is 4.39 Å². The first-order chi connectivity index (χ1) is 10.2. The second-order valence-corrected chi connectivity index (χ2v) is 5.66. The fraction of sp³-hybridized carbons (Fsp3) is 0.333. The summed E-state index contributed by atoms with van der Waals surface area (Å²) in [5, 5.41) is 3.45. The maximum Gasteiger partial charge on any atom is 0.126 e. The molecule has 0 spiro atoms. The Morgan fingerprint density at radius 2 is 1.95 bits per heavy atom. The lowest BCUT2D eigenvalue weighted by Gasteiger charge is -2.14. The van der Waals surface area contributed by atoms with Crippen LogP contribution < -0.4 is 10.1 Å². The van der Waals surface area contributed by atoms with Gasteiger partial charge in [0.25, 0.3) is 0 Å². The fourth-order valence-electron chi connectivity index (χ4n) is 2.55. The highest BCUT2D eigenvalue weighted by Gasteiger charge is 2.21. The van der Waals surface area contributed by atoms with Crippen molar-refractivity contribution in [1.82, 2.24) is 5.32 Å². The van der Waals surface area contributed by atoms with Crippen LogP contribution in [0.3, 0.4) is 0 Å². The predicted molar refractivity (Wildman–Crippen MR) is 83.0 cm³/mol. The van der Waals surface area contributed by atoms with Gasteiger partial charge in [0.2, 0.25) is 0 Å². The van der Waals surface area contributed by atoms with Gasteiger partial charge in [0.15, 0.2) is 0 Å². The van der Waals surface area contributed by atoms with Crippen LogP contribution in [0.2, 0.25) is 0 Å². The molecule has 3 rings (SSSR count). The number of ether oxygens (including phenoxy) is 1. The Bertz CT molecular complexity index is 650. The van der Waals surface area contributed by atoms with E-state index in [1.165, 1.54) is 18.9 Å².